The molecule has 8 heteroatoms. The van der Waals surface area contributed by atoms with Crippen molar-refractivity contribution in [2.45, 2.75) is 38.6 Å². The van der Waals surface area contributed by atoms with Crippen LogP contribution in [-0.2, 0) is 19.7 Å². The average Bonchev–Trinajstić information content (AvgIpc) is 3.07. The zero-order chi connectivity index (χ0) is 25.6. The van der Waals surface area contributed by atoms with Crippen molar-refractivity contribution in [2.24, 2.45) is 5.73 Å². The molecule has 1 spiro atoms. The van der Waals surface area contributed by atoms with Gasteiger partial charge in [0.15, 0.2) is 5.75 Å². The Hall–Kier alpha value is -4.33. The minimum atomic E-state index is -1.91. The van der Waals surface area contributed by atoms with Crippen molar-refractivity contribution in [3.63, 3.8) is 0 Å². The Bertz CT molecular complexity index is 1640. The zero-order valence-corrected chi connectivity index (χ0v) is 20.3. The third-order valence-corrected chi connectivity index (χ3v) is 7.21. The van der Waals surface area contributed by atoms with Crippen molar-refractivity contribution >= 4 is 34.1 Å². The Morgan fingerprint density at radius 2 is 1.86 bits per heavy atom. The van der Waals surface area contributed by atoms with E-state index in [-0.39, 0.29) is 35.0 Å². The summed E-state index contributed by atoms with van der Waals surface area (Å²) in [7, 11) is 0. The van der Waals surface area contributed by atoms with Crippen LogP contribution < -0.4 is 21.0 Å². The summed E-state index contributed by atoms with van der Waals surface area (Å²) >= 11 is 0. The summed E-state index contributed by atoms with van der Waals surface area (Å²) in [5, 5.41) is 0.463. The number of amides is 1. The van der Waals surface area contributed by atoms with Gasteiger partial charge < -0.3 is 24.5 Å². The van der Waals surface area contributed by atoms with Gasteiger partial charge in [-0.3, -0.25) is 4.79 Å². The van der Waals surface area contributed by atoms with Crippen molar-refractivity contribution in [2.75, 3.05) is 11.5 Å². The summed E-state index contributed by atoms with van der Waals surface area (Å²) in [4.78, 5) is 43.6. The number of hydrogen-bond acceptors (Lipinski definition) is 7. The van der Waals surface area contributed by atoms with Crippen LogP contribution in [0.15, 0.2) is 69.2 Å². The van der Waals surface area contributed by atoms with Crippen LogP contribution in [-0.4, -0.2) is 24.0 Å². The molecule has 0 saturated carbocycles. The van der Waals surface area contributed by atoms with E-state index in [1.165, 1.54) is 0 Å². The second-order valence-electron chi connectivity index (χ2n) is 9.72. The van der Waals surface area contributed by atoms with Crippen LogP contribution in [0.3, 0.4) is 0 Å². The smallest absolute Gasteiger partial charge is 0.345 e. The van der Waals surface area contributed by atoms with Gasteiger partial charge in [-0.2, -0.15) is 0 Å². The first-order chi connectivity index (χ1) is 17.1. The molecule has 182 valence electrons. The third kappa shape index (κ3) is 2.50. The van der Waals surface area contributed by atoms with Crippen LogP contribution in [0, 0.1) is 0 Å². The topological polar surface area (TPSA) is 112 Å². The lowest BCUT2D eigenvalue weighted by Crippen LogP contribution is -2.55. The maximum Gasteiger partial charge on any atom is 0.345 e. The van der Waals surface area contributed by atoms with E-state index >= 15 is 0 Å². The third-order valence-electron chi connectivity index (χ3n) is 7.21. The van der Waals surface area contributed by atoms with Gasteiger partial charge >= 0.3 is 11.6 Å². The first-order valence-corrected chi connectivity index (χ1v) is 11.7. The first-order valence-electron chi connectivity index (χ1n) is 11.7. The molecule has 4 heterocycles. The Balaban J connectivity index is 1.83. The highest BCUT2D eigenvalue weighted by atomic mass is 16.5. The molecule has 0 saturated heterocycles. The molecule has 36 heavy (non-hydrogen) atoms. The van der Waals surface area contributed by atoms with Gasteiger partial charge in [-0.1, -0.05) is 36.4 Å². The van der Waals surface area contributed by atoms with Crippen molar-refractivity contribution < 1.29 is 23.5 Å². The van der Waals surface area contributed by atoms with E-state index in [2.05, 4.69) is 0 Å². The number of ether oxygens (including phenoxy) is 2. The van der Waals surface area contributed by atoms with E-state index in [9.17, 15) is 14.4 Å². The van der Waals surface area contributed by atoms with E-state index in [0.717, 1.165) is 11.1 Å². The number of carbonyl (C=O) groups is 2. The molecule has 0 unspecified atom stereocenters. The summed E-state index contributed by atoms with van der Waals surface area (Å²) in [6, 6.07) is 12.3. The van der Waals surface area contributed by atoms with Crippen LogP contribution in [0.1, 0.15) is 44.4 Å². The predicted molar refractivity (Wildman–Crippen MR) is 133 cm³/mol. The predicted octanol–water partition coefficient (Wildman–Crippen LogP) is 3.75. The lowest BCUT2D eigenvalue weighted by molar-refractivity contribution is -0.141. The lowest BCUT2D eigenvalue weighted by Gasteiger charge is -2.40. The van der Waals surface area contributed by atoms with Gasteiger partial charge in [0, 0.05) is 11.1 Å². The highest BCUT2D eigenvalue weighted by Crippen LogP contribution is 2.59. The Morgan fingerprint density at radius 1 is 1.11 bits per heavy atom. The highest BCUT2D eigenvalue weighted by Gasteiger charge is 2.65. The normalized spacial score (nSPS) is 21.3. The number of para-hydroxylation sites is 2. The molecule has 2 N–H and O–H groups in total. The second-order valence-corrected chi connectivity index (χ2v) is 9.72. The second kappa shape index (κ2) is 7.10. The van der Waals surface area contributed by atoms with Gasteiger partial charge in [0.2, 0.25) is 11.8 Å². The number of benzene rings is 2. The summed E-state index contributed by atoms with van der Waals surface area (Å²) in [5.74, 6) is -1.51. The Kier molecular flexibility index (Phi) is 4.37. The zero-order valence-electron chi connectivity index (χ0n) is 20.3. The number of allylic oxidation sites excluding steroid dienone is 1. The van der Waals surface area contributed by atoms with E-state index in [1.807, 2.05) is 32.9 Å². The van der Waals surface area contributed by atoms with Gasteiger partial charge in [-0.15, -0.1) is 0 Å². The number of hydrogen-bond donors (Lipinski definition) is 1. The molecule has 3 aliphatic heterocycles. The molecular formula is C28H24N2O6. The van der Waals surface area contributed by atoms with Crippen molar-refractivity contribution in [1.82, 2.24) is 0 Å². The van der Waals surface area contributed by atoms with Crippen LogP contribution in [0.25, 0.3) is 16.5 Å². The van der Waals surface area contributed by atoms with Crippen LogP contribution in [0.2, 0.25) is 0 Å². The number of anilines is 1. The minimum Gasteiger partial charge on any atom is -0.462 e. The Morgan fingerprint density at radius 3 is 2.61 bits per heavy atom. The van der Waals surface area contributed by atoms with E-state index in [1.54, 1.807) is 48.2 Å². The van der Waals surface area contributed by atoms with Crippen molar-refractivity contribution in [3.05, 3.63) is 87.1 Å². The number of nitrogens with zero attached hydrogens (tertiary/aromatic N) is 1. The lowest BCUT2D eigenvalue weighted by atomic mass is 9.68. The quantitative estimate of drug-likeness (QED) is 0.436. The molecule has 1 aromatic heterocycles. The summed E-state index contributed by atoms with van der Waals surface area (Å²) < 4.78 is 17.0. The fourth-order valence-corrected chi connectivity index (χ4v) is 5.97. The number of nitrogens with two attached hydrogens (primary N) is 1. The van der Waals surface area contributed by atoms with Crippen LogP contribution >= 0.6 is 0 Å². The fraction of sp³-hybridized carbons (Fsp3) is 0.250. The molecule has 3 aliphatic rings. The molecular weight excluding hydrogens is 460 g/mol. The molecule has 6 rings (SSSR count). The Labute approximate surface area is 206 Å². The number of rotatable bonds is 2. The van der Waals surface area contributed by atoms with Gasteiger partial charge in [-0.05, 0) is 45.4 Å². The monoisotopic (exact) mass is 484 g/mol. The maximum atomic E-state index is 14.8. The van der Waals surface area contributed by atoms with Gasteiger partial charge in [0.1, 0.15) is 22.1 Å². The fourth-order valence-electron chi connectivity index (χ4n) is 5.97. The molecule has 0 aliphatic carbocycles. The molecule has 3 aromatic rings. The van der Waals surface area contributed by atoms with Crippen molar-refractivity contribution in [3.8, 4) is 5.75 Å². The molecule has 0 bridgehead atoms. The van der Waals surface area contributed by atoms with Crippen LogP contribution in [0.4, 0.5) is 5.69 Å². The SMILES string of the molecule is CCOC(=O)C1=C(N)Oc2c(c(=O)oc3ccccc23)[C@@]12C(=O)N1c3c(cccc32)C(C)=CC1(C)C. The molecule has 0 radical (unpaired) electrons. The number of esters is 1. The number of carbonyl (C=O) groups excluding carboxylic acids is 2. The van der Waals surface area contributed by atoms with E-state index < -0.39 is 28.5 Å². The van der Waals surface area contributed by atoms with Gasteiger partial charge in [0.25, 0.3) is 0 Å². The summed E-state index contributed by atoms with van der Waals surface area (Å²) in [6.07, 6.45) is 2.00. The van der Waals surface area contributed by atoms with Gasteiger partial charge in [0.05, 0.1) is 23.2 Å². The van der Waals surface area contributed by atoms with Crippen LogP contribution in [0.5, 0.6) is 5.75 Å². The van der Waals surface area contributed by atoms with E-state index in [0.29, 0.717) is 16.6 Å². The number of fused-ring (bicyclic) bond motifs is 5. The van der Waals surface area contributed by atoms with Gasteiger partial charge in [-0.25, -0.2) is 9.59 Å². The molecule has 1 amide bonds. The van der Waals surface area contributed by atoms with Crippen molar-refractivity contribution in [1.29, 1.82) is 0 Å². The largest absolute Gasteiger partial charge is 0.462 e. The molecule has 2 aromatic carbocycles. The highest BCUT2D eigenvalue weighted by molar-refractivity contribution is 6.21. The molecule has 8 nitrogen and oxygen atoms in total. The van der Waals surface area contributed by atoms with E-state index in [4.69, 9.17) is 19.6 Å². The minimum absolute atomic E-state index is 0.0435. The molecule has 1 atom stereocenters. The average molecular weight is 485 g/mol. The summed E-state index contributed by atoms with van der Waals surface area (Å²) in [6.45, 7) is 7.49. The first kappa shape index (κ1) is 22.2. The summed E-state index contributed by atoms with van der Waals surface area (Å²) in [5.41, 5.74) is 5.84. The standard InChI is InChI=1S/C28H24N2O6/c1-5-34-24(31)20-23(29)36-22-16-9-6-7-12-18(16)35-25(32)19(22)28(20)17-11-8-10-15-14(2)13-27(3,4)30(21(15)17)26(28)33/h6-13H,5,29H2,1-4H3/t28-/m1/s1. The maximum absolute atomic E-state index is 14.8. The molecule has 0 fully saturated rings.